The van der Waals surface area contributed by atoms with Gasteiger partial charge in [-0.1, -0.05) is 29.3 Å². The Balaban J connectivity index is 1.89. The Kier molecular flexibility index (Phi) is 5.46. The van der Waals surface area contributed by atoms with Crippen molar-refractivity contribution in [3.63, 3.8) is 0 Å². The van der Waals surface area contributed by atoms with Crippen LogP contribution in [-0.2, 0) is 4.79 Å². The molecule has 2 aliphatic heterocycles. The molecule has 2 aliphatic rings. The number of likely N-dealkylation sites (N-methyl/N-ethyl adjacent to an activating group) is 1. The lowest BCUT2D eigenvalue weighted by Crippen LogP contribution is -2.45. The first kappa shape index (κ1) is 19.0. The number of carbonyl (C=O) groups excluding carboxylic acids is 2. The van der Waals surface area contributed by atoms with Crippen LogP contribution in [0.1, 0.15) is 18.0 Å². The van der Waals surface area contributed by atoms with E-state index in [2.05, 4.69) is 10.2 Å². The first-order chi connectivity index (χ1) is 12.3. The summed E-state index contributed by atoms with van der Waals surface area (Å²) in [5.41, 5.74) is 2.10. The summed E-state index contributed by atoms with van der Waals surface area (Å²) in [5, 5.41) is 3.73. The molecule has 1 N–H and O–H groups in total. The van der Waals surface area contributed by atoms with Crippen LogP contribution in [0.15, 0.2) is 29.5 Å². The lowest BCUT2D eigenvalue weighted by atomic mass is 9.96. The third-order valence-corrected chi connectivity index (χ3v) is 5.48. The van der Waals surface area contributed by atoms with Gasteiger partial charge >= 0.3 is 6.03 Å². The van der Waals surface area contributed by atoms with E-state index in [0.29, 0.717) is 28.7 Å². The van der Waals surface area contributed by atoms with Crippen LogP contribution in [0.3, 0.4) is 0 Å². The molecule has 8 heteroatoms. The molecule has 26 heavy (non-hydrogen) atoms. The maximum absolute atomic E-state index is 13.0. The first-order valence-electron chi connectivity index (χ1n) is 8.45. The molecule has 6 nitrogen and oxygen atoms in total. The van der Waals surface area contributed by atoms with Gasteiger partial charge in [-0.15, -0.1) is 0 Å². The first-order valence-corrected chi connectivity index (χ1v) is 9.21. The number of nitrogens with one attached hydrogen (secondary N) is 1. The van der Waals surface area contributed by atoms with Gasteiger partial charge in [0.25, 0.3) is 5.91 Å². The maximum atomic E-state index is 13.0. The minimum absolute atomic E-state index is 0.0401. The van der Waals surface area contributed by atoms with E-state index >= 15 is 0 Å². The third-order valence-electron chi connectivity index (χ3n) is 4.75. The van der Waals surface area contributed by atoms with Crippen molar-refractivity contribution >= 4 is 35.1 Å². The van der Waals surface area contributed by atoms with Crippen molar-refractivity contribution in [2.45, 2.75) is 12.5 Å². The largest absolute Gasteiger partial charge is 0.333 e. The second-order valence-electron chi connectivity index (χ2n) is 6.86. The standard InChI is InChI=1S/C18H22Cl2N4O2/c1-22(2)7-4-8-24-10-14-15(17(24)25)16(21-18(26)23(14)3)11-5-6-12(19)13(20)9-11/h5-6,9,16H,4,7-8,10H2,1-3H3,(H,21,26)/t16-/m1/s1. The summed E-state index contributed by atoms with van der Waals surface area (Å²) in [6, 6.07) is 4.42. The second kappa shape index (κ2) is 7.47. The number of halogens is 2. The third kappa shape index (κ3) is 3.54. The molecule has 0 unspecified atom stereocenters. The van der Waals surface area contributed by atoms with Crippen LogP contribution in [0.5, 0.6) is 0 Å². The Labute approximate surface area is 163 Å². The highest BCUT2D eigenvalue weighted by molar-refractivity contribution is 6.42. The molecule has 0 saturated heterocycles. The molecule has 2 heterocycles. The van der Waals surface area contributed by atoms with E-state index in [9.17, 15) is 9.59 Å². The predicted molar refractivity (Wildman–Crippen MR) is 102 cm³/mol. The van der Waals surface area contributed by atoms with Crippen molar-refractivity contribution < 1.29 is 9.59 Å². The molecule has 0 bridgehead atoms. The molecule has 0 spiro atoms. The summed E-state index contributed by atoms with van der Waals surface area (Å²) in [4.78, 5) is 30.8. The summed E-state index contributed by atoms with van der Waals surface area (Å²) in [6.07, 6.45) is 0.877. The Bertz CT molecular complexity index is 778. The van der Waals surface area contributed by atoms with Gasteiger partial charge in [-0.3, -0.25) is 9.69 Å². The quantitative estimate of drug-likeness (QED) is 0.832. The van der Waals surface area contributed by atoms with Crippen molar-refractivity contribution in [2.75, 3.05) is 40.8 Å². The molecule has 3 amide bonds. The number of benzene rings is 1. The fourth-order valence-corrected chi connectivity index (χ4v) is 3.63. The zero-order chi connectivity index (χ0) is 19.0. The maximum Gasteiger partial charge on any atom is 0.322 e. The Hall–Kier alpha value is -1.76. The van der Waals surface area contributed by atoms with Gasteiger partial charge in [0.2, 0.25) is 0 Å². The minimum atomic E-state index is -0.519. The Morgan fingerprint density at radius 1 is 1.23 bits per heavy atom. The topological polar surface area (TPSA) is 55.9 Å². The molecule has 1 atom stereocenters. The van der Waals surface area contributed by atoms with Crippen molar-refractivity contribution in [1.29, 1.82) is 0 Å². The van der Waals surface area contributed by atoms with Crippen molar-refractivity contribution in [3.05, 3.63) is 45.1 Å². The van der Waals surface area contributed by atoms with E-state index in [1.165, 1.54) is 4.90 Å². The van der Waals surface area contributed by atoms with Crippen LogP contribution in [0, 0.1) is 0 Å². The highest BCUT2D eigenvalue weighted by atomic mass is 35.5. The average molecular weight is 397 g/mol. The molecule has 1 aromatic carbocycles. The minimum Gasteiger partial charge on any atom is -0.333 e. The number of hydrogen-bond acceptors (Lipinski definition) is 3. The van der Waals surface area contributed by atoms with Gasteiger partial charge in [0, 0.05) is 13.6 Å². The number of urea groups is 1. The van der Waals surface area contributed by atoms with E-state index in [1.807, 2.05) is 14.1 Å². The van der Waals surface area contributed by atoms with Crippen LogP contribution in [0.25, 0.3) is 0 Å². The van der Waals surface area contributed by atoms with Crippen molar-refractivity contribution in [2.24, 2.45) is 0 Å². The van der Waals surface area contributed by atoms with Crippen LogP contribution >= 0.6 is 23.2 Å². The van der Waals surface area contributed by atoms with Gasteiger partial charge in [0.1, 0.15) is 0 Å². The Morgan fingerprint density at radius 2 is 1.96 bits per heavy atom. The molecule has 0 fully saturated rings. The number of rotatable bonds is 5. The molecule has 140 valence electrons. The SMILES string of the molecule is CN(C)CCCN1CC2=C(C1=O)[C@@H](c1ccc(Cl)c(Cl)c1)NC(=O)N2C. The van der Waals surface area contributed by atoms with E-state index in [1.54, 1.807) is 30.1 Å². The molecular formula is C18H22Cl2N4O2. The van der Waals surface area contributed by atoms with Crippen molar-refractivity contribution in [3.8, 4) is 0 Å². The van der Waals surface area contributed by atoms with Gasteiger partial charge in [-0.05, 0) is 44.8 Å². The van der Waals surface area contributed by atoms with E-state index in [4.69, 9.17) is 23.2 Å². The van der Waals surface area contributed by atoms with E-state index in [-0.39, 0.29) is 11.9 Å². The molecular weight excluding hydrogens is 375 g/mol. The monoisotopic (exact) mass is 396 g/mol. The molecule has 0 saturated carbocycles. The summed E-state index contributed by atoms with van der Waals surface area (Å²) in [5.74, 6) is -0.0401. The number of nitrogens with zero attached hydrogens (tertiary/aromatic N) is 3. The molecule has 0 radical (unpaired) electrons. The second-order valence-corrected chi connectivity index (χ2v) is 7.67. The van der Waals surface area contributed by atoms with E-state index < -0.39 is 6.04 Å². The molecule has 0 aliphatic carbocycles. The van der Waals surface area contributed by atoms with E-state index in [0.717, 1.165) is 24.2 Å². The van der Waals surface area contributed by atoms with Crippen LogP contribution < -0.4 is 5.32 Å². The fourth-order valence-electron chi connectivity index (χ4n) is 3.32. The lowest BCUT2D eigenvalue weighted by Gasteiger charge is -2.31. The normalized spacial score (nSPS) is 20.2. The summed E-state index contributed by atoms with van der Waals surface area (Å²) >= 11 is 12.1. The molecule has 3 rings (SSSR count). The summed E-state index contributed by atoms with van der Waals surface area (Å²) < 4.78 is 0. The number of hydrogen-bond donors (Lipinski definition) is 1. The van der Waals surface area contributed by atoms with Crippen LogP contribution in [-0.4, -0.2) is 67.4 Å². The lowest BCUT2D eigenvalue weighted by molar-refractivity contribution is -0.125. The number of carbonyl (C=O) groups is 2. The highest BCUT2D eigenvalue weighted by Crippen LogP contribution is 2.37. The molecule has 1 aromatic rings. The van der Waals surface area contributed by atoms with Crippen molar-refractivity contribution in [1.82, 2.24) is 20.0 Å². The van der Waals surface area contributed by atoms with Crippen LogP contribution in [0.2, 0.25) is 10.0 Å². The summed E-state index contributed by atoms with van der Waals surface area (Å²) in [6.45, 7) is 2.00. The highest BCUT2D eigenvalue weighted by Gasteiger charge is 2.42. The Morgan fingerprint density at radius 3 is 2.62 bits per heavy atom. The zero-order valence-electron chi connectivity index (χ0n) is 15.1. The molecule has 0 aromatic heterocycles. The fraction of sp³-hybridized carbons (Fsp3) is 0.444. The van der Waals surface area contributed by atoms with Gasteiger partial charge in [-0.25, -0.2) is 4.79 Å². The smallest absolute Gasteiger partial charge is 0.322 e. The number of amides is 3. The average Bonchev–Trinajstić information content (AvgIpc) is 2.91. The summed E-state index contributed by atoms with van der Waals surface area (Å²) in [7, 11) is 5.70. The van der Waals surface area contributed by atoms with Crippen LogP contribution in [0.4, 0.5) is 4.79 Å². The van der Waals surface area contributed by atoms with Gasteiger partial charge in [0.05, 0.1) is 33.9 Å². The predicted octanol–water partition coefficient (Wildman–Crippen LogP) is 2.74. The zero-order valence-corrected chi connectivity index (χ0v) is 16.6. The van der Waals surface area contributed by atoms with Gasteiger partial charge < -0.3 is 15.1 Å². The van der Waals surface area contributed by atoms with Gasteiger partial charge in [0.15, 0.2) is 0 Å². The van der Waals surface area contributed by atoms with Gasteiger partial charge in [-0.2, -0.15) is 0 Å².